The van der Waals surface area contributed by atoms with Crippen molar-refractivity contribution in [3.05, 3.63) is 59.4 Å². The fraction of sp³-hybridized carbons (Fsp3) is 0.188. The van der Waals surface area contributed by atoms with Crippen LogP contribution in [0.5, 0.6) is 0 Å². The third-order valence-electron chi connectivity index (χ3n) is 3.58. The SMILES string of the molecule is Nc1ccc(CC(=O)N2CCc3ccc(F)cc32)cc1. The molecule has 102 valence electrons. The third kappa shape index (κ3) is 2.37. The first-order valence-electron chi connectivity index (χ1n) is 6.57. The Labute approximate surface area is 116 Å². The van der Waals surface area contributed by atoms with E-state index in [1.807, 2.05) is 12.1 Å². The zero-order valence-electron chi connectivity index (χ0n) is 11.0. The number of benzene rings is 2. The molecule has 0 bridgehead atoms. The van der Waals surface area contributed by atoms with Gasteiger partial charge in [-0.05, 0) is 41.8 Å². The maximum atomic E-state index is 13.3. The summed E-state index contributed by atoms with van der Waals surface area (Å²) < 4.78 is 13.3. The molecule has 4 heteroatoms. The smallest absolute Gasteiger partial charge is 0.231 e. The molecule has 3 rings (SSSR count). The topological polar surface area (TPSA) is 46.3 Å². The summed E-state index contributed by atoms with van der Waals surface area (Å²) in [7, 11) is 0. The Morgan fingerprint density at radius 2 is 1.95 bits per heavy atom. The van der Waals surface area contributed by atoms with Crippen LogP contribution in [0.2, 0.25) is 0 Å². The van der Waals surface area contributed by atoms with Crippen molar-refractivity contribution < 1.29 is 9.18 Å². The predicted molar refractivity (Wildman–Crippen MR) is 77.0 cm³/mol. The van der Waals surface area contributed by atoms with Crippen LogP contribution in [0.1, 0.15) is 11.1 Å². The number of nitrogens with two attached hydrogens (primary N) is 1. The molecule has 2 aromatic carbocycles. The molecule has 1 amide bonds. The van der Waals surface area contributed by atoms with Gasteiger partial charge in [-0.3, -0.25) is 4.79 Å². The molecule has 0 radical (unpaired) electrons. The van der Waals surface area contributed by atoms with Crippen LogP contribution in [-0.4, -0.2) is 12.5 Å². The van der Waals surface area contributed by atoms with E-state index >= 15 is 0 Å². The first kappa shape index (κ1) is 12.7. The van der Waals surface area contributed by atoms with Gasteiger partial charge in [0.25, 0.3) is 0 Å². The summed E-state index contributed by atoms with van der Waals surface area (Å²) in [6.07, 6.45) is 1.08. The predicted octanol–water partition coefficient (Wildman–Crippen LogP) is 2.54. The molecule has 1 heterocycles. The highest BCUT2D eigenvalue weighted by molar-refractivity contribution is 5.96. The summed E-state index contributed by atoms with van der Waals surface area (Å²) in [6, 6.07) is 11.9. The molecule has 1 aliphatic rings. The number of fused-ring (bicyclic) bond motifs is 1. The molecule has 0 aliphatic carbocycles. The number of nitrogens with zero attached hydrogens (tertiary/aromatic N) is 1. The van der Waals surface area contributed by atoms with E-state index in [4.69, 9.17) is 5.73 Å². The highest BCUT2D eigenvalue weighted by Crippen LogP contribution is 2.29. The van der Waals surface area contributed by atoms with Gasteiger partial charge in [0, 0.05) is 17.9 Å². The summed E-state index contributed by atoms with van der Waals surface area (Å²) in [6.45, 7) is 0.618. The van der Waals surface area contributed by atoms with Crippen molar-refractivity contribution in [1.29, 1.82) is 0 Å². The zero-order valence-corrected chi connectivity index (χ0v) is 11.0. The molecule has 0 unspecified atom stereocenters. The Morgan fingerprint density at radius 1 is 1.20 bits per heavy atom. The Bertz CT molecular complexity index is 652. The van der Waals surface area contributed by atoms with Gasteiger partial charge < -0.3 is 10.6 Å². The standard InChI is InChI=1S/C16H15FN2O/c17-13-4-3-12-7-8-19(15(12)10-13)16(20)9-11-1-5-14(18)6-2-11/h1-6,10H,7-9,18H2. The van der Waals surface area contributed by atoms with Crippen LogP contribution in [0.4, 0.5) is 15.8 Å². The van der Waals surface area contributed by atoms with Crippen molar-refractivity contribution in [3.8, 4) is 0 Å². The highest BCUT2D eigenvalue weighted by atomic mass is 19.1. The second-order valence-electron chi connectivity index (χ2n) is 4.99. The third-order valence-corrected chi connectivity index (χ3v) is 3.58. The Balaban J connectivity index is 1.80. The van der Waals surface area contributed by atoms with Crippen LogP contribution in [0.15, 0.2) is 42.5 Å². The van der Waals surface area contributed by atoms with Crippen LogP contribution < -0.4 is 10.6 Å². The lowest BCUT2D eigenvalue weighted by molar-refractivity contribution is -0.117. The van der Waals surface area contributed by atoms with Gasteiger partial charge in [0.15, 0.2) is 0 Å². The summed E-state index contributed by atoms with van der Waals surface area (Å²) in [5, 5.41) is 0. The van der Waals surface area contributed by atoms with Crippen LogP contribution in [-0.2, 0) is 17.6 Å². The fourth-order valence-corrected chi connectivity index (χ4v) is 2.52. The number of hydrogen-bond acceptors (Lipinski definition) is 2. The molecule has 0 saturated heterocycles. The molecular formula is C16H15FN2O. The molecule has 2 N–H and O–H groups in total. The lowest BCUT2D eigenvalue weighted by atomic mass is 10.1. The molecule has 2 aromatic rings. The normalized spacial score (nSPS) is 13.3. The number of carbonyl (C=O) groups is 1. The van der Waals surface area contributed by atoms with Gasteiger partial charge in [-0.1, -0.05) is 18.2 Å². The molecular weight excluding hydrogens is 255 g/mol. The molecule has 20 heavy (non-hydrogen) atoms. The summed E-state index contributed by atoms with van der Waals surface area (Å²) >= 11 is 0. The van der Waals surface area contributed by atoms with E-state index in [0.717, 1.165) is 17.5 Å². The first-order valence-corrected chi connectivity index (χ1v) is 6.57. The lowest BCUT2D eigenvalue weighted by Crippen LogP contribution is -2.30. The minimum Gasteiger partial charge on any atom is -0.399 e. The summed E-state index contributed by atoms with van der Waals surface area (Å²) in [5.74, 6) is -0.324. The summed E-state index contributed by atoms with van der Waals surface area (Å²) in [5.41, 5.74) is 8.93. The first-order chi connectivity index (χ1) is 9.63. The number of nitrogen functional groups attached to an aromatic ring is 1. The number of hydrogen-bond donors (Lipinski definition) is 1. The van der Waals surface area contributed by atoms with Crippen LogP contribution in [0.25, 0.3) is 0 Å². The van der Waals surface area contributed by atoms with Crippen molar-refractivity contribution in [2.75, 3.05) is 17.2 Å². The van der Waals surface area contributed by atoms with Gasteiger partial charge in [0.05, 0.1) is 6.42 Å². The van der Waals surface area contributed by atoms with Gasteiger partial charge in [0.1, 0.15) is 5.82 Å². The van der Waals surface area contributed by atoms with Gasteiger partial charge in [-0.15, -0.1) is 0 Å². The maximum Gasteiger partial charge on any atom is 0.231 e. The average Bonchev–Trinajstić information content (AvgIpc) is 2.84. The van der Waals surface area contributed by atoms with E-state index in [9.17, 15) is 9.18 Å². The number of anilines is 2. The number of halogens is 1. The van der Waals surface area contributed by atoms with Crippen LogP contribution in [0.3, 0.4) is 0 Å². The summed E-state index contributed by atoms with van der Waals surface area (Å²) in [4.78, 5) is 14.0. The molecule has 3 nitrogen and oxygen atoms in total. The Kier molecular flexibility index (Phi) is 3.14. The van der Waals surface area contributed by atoms with Crippen molar-refractivity contribution >= 4 is 17.3 Å². The van der Waals surface area contributed by atoms with Gasteiger partial charge in [0.2, 0.25) is 5.91 Å². The number of rotatable bonds is 2. The van der Waals surface area contributed by atoms with Crippen LogP contribution >= 0.6 is 0 Å². The highest BCUT2D eigenvalue weighted by Gasteiger charge is 2.24. The van der Waals surface area contributed by atoms with Gasteiger partial charge in [-0.25, -0.2) is 4.39 Å². The lowest BCUT2D eigenvalue weighted by Gasteiger charge is -2.17. The Morgan fingerprint density at radius 3 is 2.70 bits per heavy atom. The number of carbonyl (C=O) groups excluding carboxylic acids is 1. The maximum absolute atomic E-state index is 13.3. The fourth-order valence-electron chi connectivity index (χ4n) is 2.52. The number of amides is 1. The Hall–Kier alpha value is -2.36. The average molecular weight is 270 g/mol. The van der Waals surface area contributed by atoms with E-state index in [-0.39, 0.29) is 11.7 Å². The van der Waals surface area contributed by atoms with E-state index < -0.39 is 0 Å². The van der Waals surface area contributed by atoms with Gasteiger partial charge in [-0.2, -0.15) is 0 Å². The van der Waals surface area contributed by atoms with Crippen LogP contribution in [0, 0.1) is 5.82 Å². The molecule has 0 atom stereocenters. The quantitative estimate of drug-likeness (QED) is 0.852. The molecule has 0 spiro atoms. The van der Waals surface area contributed by atoms with Crippen molar-refractivity contribution in [2.45, 2.75) is 12.8 Å². The van der Waals surface area contributed by atoms with E-state index in [1.165, 1.54) is 12.1 Å². The molecule has 0 fully saturated rings. The van der Waals surface area contributed by atoms with Crippen molar-refractivity contribution in [2.24, 2.45) is 0 Å². The minimum atomic E-state index is -0.309. The molecule has 0 aromatic heterocycles. The minimum absolute atomic E-state index is 0.0147. The molecule has 0 saturated carbocycles. The second-order valence-corrected chi connectivity index (χ2v) is 4.99. The largest absolute Gasteiger partial charge is 0.399 e. The van der Waals surface area contributed by atoms with E-state index in [2.05, 4.69) is 0 Å². The van der Waals surface area contributed by atoms with E-state index in [1.54, 1.807) is 23.1 Å². The van der Waals surface area contributed by atoms with E-state index in [0.29, 0.717) is 24.3 Å². The zero-order chi connectivity index (χ0) is 14.1. The van der Waals surface area contributed by atoms with Gasteiger partial charge >= 0.3 is 0 Å². The van der Waals surface area contributed by atoms with Crippen molar-refractivity contribution in [3.63, 3.8) is 0 Å². The van der Waals surface area contributed by atoms with Crippen molar-refractivity contribution in [1.82, 2.24) is 0 Å². The monoisotopic (exact) mass is 270 g/mol. The molecule has 1 aliphatic heterocycles. The second kappa shape index (κ2) is 4.96.